The Morgan fingerprint density at radius 2 is 1.75 bits per heavy atom. The molecule has 4 rings (SSSR count). The van der Waals surface area contributed by atoms with Gasteiger partial charge in [0.05, 0.1) is 13.1 Å². The average Bonchev–Trinajstić information content (AvgIpc) is 3.26. The maximum Gasteiger partial charge on any atom is 0.261 e. The van der Waals surface area contributed by atoms with Gasteiger partial charge < -0.3 is 5.32 Å². The van der Waals surface area contributed by atoms with Crippen LogP contribution in [-0.2, 0) is 13.1 Å². The molecule has 0 saturated carbocycles. The highest BCUT2D eigenvalue weighted by Crippen LogP contribution is 2.33. The van der Waals surface area contributed by atoms with E-state index in [1.165, 1.54) is 37.6 Å². The molecule has 2 heterocycles. The summed E-state index contributed by atoms with van der Waals surface area (Å²) in [6.45, 7) is 2.80. The predicted molar refractivity (Wildman–Crippen MR) is 130 cm³/mol. The van der Waals surface area contributed by atoms with Crippen molar-refractivity contribution in [2.24, 2.45) is 0 Å². The van der Waals surface area contributed by atoms with E-state index < -0.39 is 0 Å². The van der Waals surface area contributed by atoms with Crippen LogP contribution in [0.25, 0.3) is 10.8 Å². The summed E-state index contributed by atoms with van der Waals surface area (Å²) in [7, 11) is 1.53. The molecule has 1 aliphatic rings. The Balaban J connectivity index is 1.34. The van der Waals surface area contributed by atoms with Crippen molar-refractivity contribution in [2.75, 3.05) is 24.7 Å². The van der Waals surface area contributed by atoms with Crippen LogP contribution < -0.4 is 9.88 Å². The number of aromatic nitrogens is 2. The number of carbonyl (C=O) groups is 2. The van der Waals surface area contributed by atoms with Crippen LogP contribution in [0.2, 0.25) is 0 Å². The number of aryl methyl sites for hydroxylation is 2. The first kappa shape index (κ1) is 22.4. The van der Waals surface area contributed by atoms with Crippen LogP contribution in [0.4, 0.5) is 5.69 Å². The minimum absolute atomic E-state index is 0.243. The van der Waals surface area contributed by atoms with Crippen LogP contribution in [0, 0.1) is 0 Å². The molecule has 6 nitrogen and oxygen atoms in total. The lowest BCUT2D eigenvalue weighted by molar-refractivity contribution is -0.696. The number of carbonyl (C=O) groups excluding carboxylic acids is 2. The number of nitrogens with zero attached hydrogens (tertiary/aromatic N) is 3. The molecule has 0 unspecified atom stereocenters. The van der Waals surface area contributed by atoms with E-state index in [1.807, 2.05) is 24.3 Å². The lowest BCUT2D eigenvalue weighted by Gasteiger charge is -2.24. The van der Waals surface area contributed by atoms with Gasteiger partial charge in [-0.3, -0.25) is 14.5 Å². The monoisotopic (exact) mass is 451 g/mol. The van der Waals surface area contributed by atoms with Gasteiger partial charge in [0.2, 0.25) is 6.33 Å². The Hall–Kier alpha value is -2.80. The Kier molecular flexibility index (Phi) is 7.15. The molecule has 168 valence electrons. The number of benzene rings is 2. The van der Waals surface area contributed by atoms with Crippen LogP contribution >= 0.6 is 12.6 Å². The van der Waals surface area contributed by atoms with E-state index in [4.69, 9.17) is 0 Å². The van der Waals surface area contributed by atoms with Gasteiger partial charge in [-0.05, 0) is 43.2 Å². The van der Waals surface area contributed by atoms with Gasteiger partial charge in [0, 0.05) is 47.6 Å². The number of imidazole rings is 1. The maximum absolute atomic E-state index is 12.5. The second-order valence-corrected chi connectivity index (χ2v) is 8.81. The molecule has 0 radical (unpaired) electrons. The fourth-order valence-electron chi connectivity index (χ4n) is 4.32. The van der Waals surface area contributed by atoms with E-state index >= 15 is 0 Å². The van der Waals surface area contributed by atoms with Crippen molar-refractivity contribution in [3.63, 3.8) is 0 Å². The van der Waals surface area contributed by atoms with Crippen molar-refractivity contribution in [1.29, 1.82) is 0 Å². The molecule has 0 saturated heterocycles. The zero-order valence-corrected chi connectivity index (χ0v) is 19.5. The first-order valence-electron chi connectivity index (χ1n) is 11.4. The summed E-state index contributed by atoms with van der Waals surface area (Å²) in [6, 6.07) is 9.42. The summed E-state index contributed by atoms with van der Waals surface area (Å²) >= 11 is 4.26. The molecular formula is C25H31N4O2S+. The molecule has 1 N–H and O–H groups in total. The van der Waals surface area contributed by atoms with Crippen LogP contribution in [0.1, 0.15) is 52.8 Å². The largest absolute Gasteiger partial charge is 0.384 e. The van der Waals surface area contributed by atoms with Crippen molar-refractivity contribution in [2.45, 2.75) is 45.2 Å². The van der Waals surface area contributed by atoms with Crippen LogP contribution in [0.3, 0.4) is 0 Å². The number of thiol groups is 1. The maximum atomic E-state index is 12.5. The number of unbranched alkanes of at least 4 members (excludes halogenated alkanes) is 3. The van der Waals surface area contributed by atoms with Crippen LogP contribution in [0.5, 0.6) is 0 Å². The molecule has 1 aromatic heterocycles. The predicted octanol–water partition coefficient (Wildman–Crippen LogP) is 4.15. The quantitative estimate of drug-likeness (QED) is 0.199. The summed E-state index contributed by atoms with van der Waals surface area (Å²) in [6.07, 6.45) is 12.3. The highest BCUT2D eigenvalue weighted by atomic mass is 32.1. The van der Waals surface area contributed by atoms with Crippen molar-refractivity contribution >= 4 is 40.9 Å². The van der Waals surface area contributed by atoms with E-state index in [-0.39, 0.29) is 11.8 Å². The van der Waals surface area contributed by atoms with Crippen LogP contribution in [0.15, 0.2) is 49.1 Å². The topological polar surface area (TPSA) is 58.2 Å². The molecule has 0 bridgehead atoms. The Bertz CT molecular complexity index is 1100. The van der Waals surface area contributed by atoms with E-state index in [1.54, 1.807) is 6.07 Å². The standard InChI is InChI=1S/C25H30N4O2S/c1-27-24(30)20-9-6-8-19-22(11-10-21(23(19)20)25(27)31)26-12-7-14-29-16-15-28(18-29)13-4-2-3-5-17-32/h6,8-11,15-16,18,26H,2-5,7,12-14,17H2,1H3/p+1. The molecule has 2 amide bonds. The third kappa shape index (κ3) is 4.67. The second-order valence-electron chi connectivity index (χ2n) is 8.37. The molecule has 3 aromatic rings. The van der Waals surface area contributed by atoms with Gasteiger partial charge in [-0.2, -0.15) is 12.6 Å². The van der Waals surface area contributed by atoms with Gasteiger partial charge in [-0.1, -0.05) is 18.6 Å². The molecule has 0 aliphatic carbocycles. The molecule has 2 aromatic carbocycles. The van der Waals surface area contributed by atoms with E-state index in [2.05, 4.69) is 45.8 Å². The van der Waals surface area contributed by atoms with Gasteiger partial charge in [-0.15, -0.1) is 0 Å². The van der Waals surface area contributed by atoms with E-state index in [0.717, 1.165) is 48.3 Å². The molecule has 32 heavy (non-hydrogen) atoms. The lowest BCUT2D eigenvalue weighted by atomic mass is 9.93. The molecule has 7 heteroatoms. The number of nitrogens with one attached hydrogen (secondary N) is 1. The Labute approximate surface area is 194 Å². The molecule has 0 spiro atoms. The fourth-order valence-corrected chi connectivity index (χ4v) is 4.54. The highest BCUT2D eigenvalue weighted by molar-refractivity contribution is 7.80. The smallest absolute Gasteiger partial charge is 0.261 e. The number of imide groups is 1. The highest BCUT2D eigenvalue weighted by Gasteiger charge is 2.30. The summed E-state index contributed by atoms with van der Waals surface area (Å²) in [5.41, 5.74) is 2.14. The van der Waals surface area contributed by atoms with Gasteiger partial charge in [0.1, 0.15) is 12.4 Å². The summed E-state index contributed by atoms with van der Waals surface area (Å²) in [5, 5.41) is 5.18. The van der Waals surface area contributed by atoms with E-state index in [9.17, 15) is 9.59 Å². The van der Waals surface area contributed by atoms with Crippen molar-refractivity contribution < 1.29 is 14.2 Å². The number of hydrogen-bond donors (Lipinski definition) is 2. The van der Waals surface area contributed by atoms with Crippen molar-refractivity contribution in [3.05, 3.63) is 60.2 Å². The normalized spacial score (nSPS) is 13.2. The second kappa shape index (κ2) is 10.2. The number of anilines is 1. The van der Waals surface area contributed by atoms with Crippen LogP contribution in [-0.4, -0.2) is 40.6 Å². The van der Waals surface area contributed by atoms with Crippen molar-refractivity contribution in [3.8, 4) is 0 Å². The summed E-state index contributed by atoms with van der Waals surface area (Å²) < 4.78 is 4.48. The summed E-state index contributed by atoms with van der Waals surface area (Å²) in [5.74, 6) is 0.493. The zero-order chi connectivity index (χ0) is 22.5. The molecular weight excluding hydrogens is 420 g/mol. The fraction of sp³-hybridized carbons (Fsp3) is 0.400. The van der Waals surface area contributed by atoms with Gasteiger partial charge in [0.25, 0.3) is 11.8 Å². The summed E-state index contributed by atoms with van der Waals surface area (Å²) in [4.78, 5) is 26.3. The van der Waals surface area contributed by atoms with Gasteiger partial charge >= 0.3 is 0 Å². The third-order valence-corrected chi connectivity index (χ3v) is 6.41. The number of hydrogen-bond acceptors (Lipinski definition) is 4. The van der Waals surface area contributed by atoms with E-state index in [0.29, 0.717) is 11.1 Å². The van der Waals surface area contributed by atoms with Gasteiger partial charge in [-0.25, -0.2) is 9.13 Å². The minimum Gasteiger partial charge on any atom is -0.384 e. The number of amides is 2. The number of rotatable bonds is 11. The van der Waals surface area contributed by atoms with Crippen molar-refractivity contribution in [1.82, 2.24) is 9.47 Å². The zero-order valence-electron chi connectivity index (χ0n) is 18.6. The Morgan fingerprint density at radius 3 is 2.56 bits per heavy atom. The molecule has 0 atom stereocenters. The third-order valence-electron chi connectivity index (χ3n) is 6.09. The van der Waals surface area contributed by atoms with Gasteiger partial charge in [0.15, 0.2) is 0 Å². The minimum atomic E-state index is -0.243. The molecule has 1 aliphatic heterocycles. The average molecular weight is 452 g/mol. The molecule has 0 fully saturated rings. The first-order chi connectivity index (χ1) is 15.6. The first-order valence-corrected chi connectivity index (χ1v) is 12.0. The Morgan fingerprint density at radius 1 is 0.969 bits per heavy atom. The lowest BCUT2D eigenvalue weighted by Crippen LogP contribution is -2.36. The SMILES string of the molecule is CN1C(=O)c2cccc3c(NCCCn4cc[n+](CCCCCCS)c4)ccc(c23)C1=O.